The summed E-state index contributed by atoms with van der Waals surface area (Å²) >= 11 is 2.96. The van der Waals surface area contributed by atoms with Gasteiger partial charge in [0, 0.05) is 17.4 Å². The number of hydrogen-bond acceptors (Lipinski definition) is 1. The summed E-state index contributed by atoms with van der Waals surface area (Å²) in [6.07, 6.45) is -5.90. The highest BCUT2D eigenvalue weighted by molar-refractivity contribution is 9.11. The topological polar surface area (TPSA) is 29.1 Å². The Morgan fingerprint density at radius 2 is 2.00 bits per heavy atom. The Kier molecular flexibility index (Phi) is 5.05. The van der Waals surface area contributed by atoms with E-state index in [4.69, 9.17) is 0 Å². The van der Waals surface area contributed by atoms with Gasteiger partial charge in [0.1, 0.15) is 0 Å². The van der Waals surface area contributed by atoms with Gasteiger partial charge in [0.25, 0.3) is 0 Å². The lowest BCUT2D eigenvalue weighted by Crippen LogP contribution is -2.25. The number of nitrogens with one attached hydrogen (secondary N) is 1. The van der Waals surface area contributed by atoms with Gasteiger partial charge in [-0.05, 0) is 0 Å². The van der Waals surface area contributed by atoms with Gasteiger partial charge in [0.15, 0.2) is 0 Å². The van der Waals surface area contributed by atoms with Gasteiger partial charge in [-0.2, -0.15) is 13.2 Å². The van der Waals surface area contributed by atoms with E-state index in [0.29, 0.717) is 4.48 Å². The molecule has 13 heavy (non-hydrogen) atoms. The van der Waals surface area contributed by atoms with Crippen LogP contribution in [0.1, 0.15) is 12.8 Å². The lowest BCUT2D eigenvalue weighted by atomic mass is 10.3. The molecular formula is C7H9BrF3NO. The third-order valence-corrected chi connectivity index (χ3v) is 1.39. The molecular weight excluding hydrogens is 251 g/mol. The molecule has 0 atom stereocenters. The average Bonchev–Trinajstić information content (AvgIpc) is 1.95. The lowest BCUT2D eigenvalue weighted by Gasteiger charge is -2.06. The summed E-state index contributed by atoms with van der Waals surface area (Å²) in [5.41, 5.74) is 0. The molecule has 0 saturated heterocycles. The van der Waals surface area contributed by atoms with Crippen LogP contribution in [0.3, 0.4) is 0 Å². The summed E-state index contributed by atoms with van der Waals surface area (Å²) in [6.45, 7) is 3.57. The Morgan fingerprint density at radius 3 is 2.38 bits per heavy atom. The summed E-state index contributed by atoms with van der Waals surface area (Å²) in [5.74, 6) is -0.627. The Morgan fingerprint density at radius 1 is 1.46 bits per heavy atom. The summed E-state index contributed by atoms with van der Waals surface area (Å²) in [6, 6.07) is 0. The molecule has 0 aromatic heterocycles. The minimum atomic E-state index is -4.28. The molecule has 0 bridgehead atoms. The van der Waals surface area contributed by atoms with Gasteiger partial charge in [-0.1, -0.05) is 22.5 Å². The van der Waals surface area contributed by atoms with Crippen LogP contribution in [0.15, 0.2) is 11.1 Å². The number of halogens is 4. The maximum absolute atomic E-state index is 11.6. The highest BCUT2D eigenvalue weighted by Crippen LogP contribution is 2.20. The summed E-state index contributed by atoms with van der Waals surface area (Å²) in [4.78, 5) is 10.7. The SMILES string of the molecule is C=C(Br)CNC(=O)CCC(F)(F)F. The van der Waals surface area contributed by atoms with E-state index in [1.165, 1.54) is 0 Å². The second kappa shape index (κ2) is 5.26. The second-order valence-corrected chi connectivity index (χ2v) is 3.53. The quantitative estimate of drug-likeness (QED) is 0.825. The zero-order chi connectivity index (χ0) is 10.5. The fourth-order valence-corrected chi connectivity index (χ4v) is 0.678. The van der Waals surface area contributed by atoms with E-state index in [1.54, 1.807) is 0 Å². The van der Waals surface area contributed by atoms with Gasteiger partial charge in [-0.15, -0.1) is 0 Å². The van der Waals surface area contributed by atoms with Crippen LogP contribution in [0.5, 0.6) is 0 Å². The highest BCUT2D eigenvalue weighted by atomic mass is 79.9. The molecule has 0 radical (unpaired) electrons. The highest BCUT2D eigenvalue weighted by Gasteiger charge is 2.27. The number of hydrogen-bond donors (Lipinski definition) is 1. The van der Waals surface area contributed by atoms with Crippen LogP contribution < -0.4 is 5.32 Å². The van der Waals surface area contributed by atoms with Crippen molar-refractivity contribution in [1.82, 2.24) is 5.32 Å². The van der Waals surface area contributed by atoms with Crippen molar-refractivity contribution in [3.05, 3.63) is 11.1 Å². The van der Waals surface area contributed by atoms with E-state index in [9.17, 15) is 18.0 Å². The summed E-state index contributed by atoms with van der Waals surface area (Å²) in [7, 11) is 0. The molecule has 0 saturated carbocycles. The van der Waals surface area contributed by atoms with Gasteiger partial charge in [0.05, 0.1) is 6.42 Å². The third kappa shape index (κ3) is 9.39. The van der Waals surface area contributed by atoms with Crippen molar-refractivity contribution < 1.29 is 18.0 Å². The zero-order valence-corrected chi connectivity index (χ0v) is 8.33. The standard InChI is InChI=1S/C7H9BrF3NO/c1-5(8)4-12-6(13)2-3-7(9,10)11/h1-4H2,(H,12,13). The molecule has 0 unspecified atom stereocenters. The number of carbonyl (C=O) groups is 1. The number of carbonyl (C=O) groups excluding carboxylic acids is 1. The first-order chi connectivity index (χ1) is 5.81. The molecule has 0 rings (SSSR count). The Hall–Kier alpha value is -0.520. The molecule has 0 aliphatic rings. The lowest BCUT2D eigenvalue weighted by molar-refractivity contribution is -0.144. The van der Waals surface area contributed by atoms with Crippen molar-refractivity contribution in [2.75, 3.05) is 6.54 Å². The Bertz CT molecular complexity index is 202. The maximum atomic E-state index is 11.6. The maximum Gasteiger partial charge on any atom is 0.389 e. The number of rotatable bonds is 4. The van der Waals surface area contributed by atoms with E-state index < -0.39 is 24.9 Å². The van der Waals surface area contributed by atoms with E-state index in [1.807, 2.05) is 0 Å². The van der Waals surface area contributed by atoms with Crippen LogP contribution in [0.4, 0.5) is 13.2 Å². The van der Waals surface area contributed by atoms with Crippen molar-refractivity contribution in [3.63, 3.8) is 0 Å². The fraction of sp³-hybridized carbons (Fsp3) is 0.571. The molecule has 0 aromatic carbocycles. The number of alkyl halides is 3. The molecule has 0 fully saturated rings. The van der Waals surface area contributed by atoms with E-state index in [2.05, 4.69) is 27.8 Å². The molecule has 0 heterocycles. The monoisotopic (exact) mass is 259 g/mol. The van der Waals surface area contributed by atoms with Crippen LogP contribution in [0.2, 0.25) is 0 Å². The van der Waals surface area contributed by atoms with Crippen molar-refractivity contribution in [1.29, 1.82) is 0 Å². The van der Waals surface area contributed by atoms with Crippen LogP contribution >= 0.6 is 15.9 Å². The predicted molar refractivity (Wildman–Crippen MR) is 46.4 cm³/mol. The van der Waals surface area contributed by atoms with Crippen LogP contribution in [0.25, 0.3) is 0 Å². The molecule has 0 spiro atoms. The fourth-order valence-electron chi connectivity index (χ4n) is 0.538. The molecule has 76 valence electrons. The molecule has 2 nitrogen and oxygen atoms in total. The Balaban J connectivity index is 3.58. The van der Waals surface area contributed by atoms with Gasteiger partial charge >= 0.3 is 6.18 Å². The first kappa shape index (κ1) is 12.5. The first-order valence-electron chi connectivity index (χ1n) is 3.48. The van der Waals surface area contributed by atoms with Gasteiger partial charge in [-0.3, -0.25) is 4.79 Å². The Labute approximate surface area is 82.3 Å². The molecule has 1 amide bonds. The largest absolute Gasteiger partial charge is 0.389 e. The van der Waals surface area contributed by atoms with E-state index in [0.717, 1.165) is 0 Å². The molecule has 0 aromatic rings. The van der Waals surface area contributed by atoms with Crippen molar-refractivity contribution in [3.8, 4) is 0 Å². The van der Waals surface area contributed by atoms with Crippen molar-refractivity contribution in [2.24, 2.45) is 0 Å². The summed E-state index contributed by atoms with van der Waals surface area (Å²) < 4.78 is 35.3. The molecule has 0 aliphatic heterocycles. The van der Waals surface area contributed by atoms with Gasteiger partial charge in [-0.25, -0.2) is 0 Å². The van der Waals surface area contributed by atoms with Gasteiger partial charge < -0.3 is 5.32 Å². The minimum absolute atomic E-state index is 0.149. The summed E-state index contributed by atoms with van der Waals surface area (Å²) in [5, 5.41) is 2.27. The molecule has 6 heteroatoms. The predicted octanol–water partition coefficient (Wildman–Crippen LogP) is 2.35. The van der Waals surface area contributed by atoms with Crippen LogP contribution in [-0.2, 0) is 4.79 Å². The second-order valence-electron chi connectivity index (χ2n) is 2.41. The van der Waals surface area contributed by atoms with E-state index >= 15 is 0 Å². The molecule has 0 aliphatic carbocycles. The molecule has 1 N–H and O–H groups in total. The van der Waals surface area contributed by atoms with Crippen molar-refractivity contribution in [2.45, 2.75) is 19.0 Å². The zero-order valence-electron chi connectivity index (χ0n) is 6.75. The number of amides is 1. The normalized spacial score (nSPS) is 11.1. The minimum Gasteiger partial charge on any atom is -0.352 e. The average molecular weight is 260 g/mol. The van der Waals surface area contributed by atoms with Crippen molar-refractivity contribution >= 4 is 21.8 Å². The van der Waals surface area contributed by atoms with Crippen LogP contribution in [-0.4, -0.2) is 18.6 Å². The smallest absolute Gasteiger partial charge is 0.352 e. The van der Waals surface area contributed by atoms with Gasteiger partial charge in [0.2, 0.25) is 5.91 Å². The first-order valence-corrected chi connectivity index (χ1v) is 4.27. The van der Waals surface area contributed by atoms with E-state index in [-0.39, 0.29) is 6.54 Å². The third-order valence-electron chi connectivity index (χ3n) is 1.11. The van der Waals surface area contributed by atoms with Crippen LogP contribution in [0, 0.1) is 0 Å².